The van der Waals surface area contributed by atoms with Crippen molar-refractivity contribution < 1.29 is 16.5 Å². The van der Waals surface area contributed by atoms with Crippen molar-refractivity contribution in [3.05, 3.63) is 130 Å². The van der Waals surface area contributed by atoms with Gasteiger partial charge in [0, 0.05) is 0 Å². The third-order valence-corrected chi connectivity index (χ3v) is 40.8. The molecule has 2 aliphatic rings. The third-order valence-electron chi connectivity index (χ3n) is 11.5. The van der Waals surface area contributed by atoms with E-state index < -0.39 is 16.5 Å². The van der Waals surface area contributed by atoms with Crippen molar-refractivity contribution in [2.45, 2.75) is 80.7 Å². The Morgan fingerprint density at radius 3 is 1.36 bits per heavy atom. The van der Waals surface area contributed by atoms with Gasteiger partial charge in [-0.05, 0) is 0 Å². The Bertz CT molecular complexity index is 1730. The molecule has 0 aromatic heterocycles. The van der Waals surface area contributed by atoms with Crippen LogP contribution in [0.3, 0.4) is 0 Å². The molecule has 2 aliphatic carbocycles. The Morgan fingerprint density at radius 1 is 0.591 bits per heavy atom. The van der Waals surface area contributed by atoms with Crippen LogP contribution < -0.4 is 0 Å². The Hall–Kier alpha value is -2.90. The summed E-state index contributed by atoms with van der Waals surface area (Å²) in [4.78, 5) is 0. The van der Waals surface area contributed by atoms with Crippen LogP contribution in [0, 0.1) is 0 Å². The SMILES string of the molecule is CCC[CH]=[Hf]([CH3])([CH3])([CH3])([CH]1C=Cc2c(-c3ccc(C(C)C)cc3)cccc21)[CH]1C=Cc2c(-c3ccc(C(C)C)cc3)cccc21. The van der Waals surface area contributed by atoms with Crippen LogP contribution in [-0.4, -0.2) is 3.76 Å². The van der Waals surface area contributed by atoms with Crippen molar-refractivity contribution in [3.8, 4) is 22.3 Å². The molecule has 0 spiro atoms. The minimum absolute atomic E-state index is 0.427. The van der Waals surface area contributed by atoms with Crippen molar-refractivity contribution in [1.82, 2.24) is 0 Å². The fraction of sp³-hybridized carbons (Fsp3) is 0.326. The molecule has 0 N–H and O–H groups in total. The van der Waals surface area contributed by atoms with Gasteiger partial charge >= 0.3 is 266 Å². The molecule has 0 bridgehead atoms. The number of hydrogen-bond acceptors (Lipinski definition) is 0. The van der Waals surface area contributed by atoms with Gasteiger partial charge in [-0.3, -0.25) is 0 Å². The van der Waals surface area contributed by atoms with Crippen LogP contribution in [0.5, 0.6) is 0 Å². The molecular formula is C43H51Hf. The molecule has 4 aromatic rings. The average molecular weight is 746 g/mol. The quantitative estimate of drug-likeness (QED) is 0.158. The molecule has 0 saturated carbocycles. The van der Waals surface area contributed by atoms with E-state index >= 15 is 0 Å². The van der Waals surface area contributed by atoms with E-state index in [0.717, 1.165) is 6.42 Å². The van der Waals surface area contributed by atoms with Gasteiger partial charge in [0.15, 0.2) is 0 Å². The second-order valence-corrected chi connectivity index (χ2v) is 55.4. The summed E-state index contributed by atoms with van der Waals surface area (Å²) in [6, 6.07) is 32.7. The van der Waals surface area contributed by atoms with E-state index in [4.69, 9.17) is 0 Å². The Labute approximate surface area is 264 Å². The molecule has 6 rings (SSSR count). The van der Waals surface area contributed by atoms with E-state index in [0.29, 0.717) is 19.2 Å². The molecule has 0 aliphatic heterocycles. The van der Waals surface area contributed by atoms with Gasteiger partial charge in [0.05, 0.1) is 0 Å². The van der Waals surface area contributed by atoms with Crippen molar-refractivity contribution >= 4 is 15.9 Å². The van der Waals surface area contributed by atoms with Crippen LogP contribution in [0.25, 0.3) is 34.4 Å². The maximum atomic E-state index is 2.89. The zero-order chi connectivity index (χ0) is 31.3. The van der Waals surface area contributed by atoms with E-state index in [1.54, 1.807) is 0 Å². The molecule has 0 radical (unpaired) electrons. The predicted octanol–water partition coefficient (Wildman–Crippen LogP) is 13.1. The zero-order valence-corrected chi connectivity index (χ0v) is 31.8. The van der Waals surface area contributed by atoms with Gasteiger partial charge in [-0.2, -0.15) is 0 Å². The van der Waals surface area contributed by atoms with E-state index in [9.17, 15) is 0 Å². The summed E-state index contributed by atoms with van der Waals surface area (Å²) in [5.41, 5.74) is 14.1. The molecule has 0 saturated heterocycles. The first-order valence-corrected chi connectivity index (χ1v) is 34.0. The van der Waals surface area contributed by atoms with Crippen LogP contribution >= 0.6 is 0 Å². The summed E-state index contributed by atoms with van der Waals surface area (Å²) in [5, 5.41) is 0. The summed E-state index contributed by atoms with van der Waals surface area (Å²) in [6.45, 7) is 11.4. The molecule has 0 heterocycles. The van der Waals surface area contributed by atoms with Crippen molar-refractivity contribution in [2.75, 3.05) is 0 Å². The van der Waals surface area contributed by atoms with E-state index in [1.807, 2.05) is 0 Å². The third kappa shape index (κ3) is 5.04. The molecule has 1 heteroatoms. The summed E-state index contributed by atoms with van der Waals surface area (Å²) >= 11 is -4.48. The molecule has 0 fully saturated rings. The number of hydrogen-bond donors (Lipinski definition) is 0. The van der Waals surface area contributed by atoms with E-state index in [-0.39, 0.29) is 0 Å². The van der Waals surface area contributed by atoms with Gasteiger partial charge in [-0.1, -0.05) is 0 Å². The zero-order valence-electron chi connectivity index (χ0n) is 28.2. The molecule has 0 nitrogen and oxygen atoms in total. The Balaban J connectivity index is 1.48. The Kier molecular flexibility index (Phi) is 7.68. The summed E-state index contributed by atoms with van der Waals surface area (Å²) < 4.78 is 12.0. The van der Waals surface area contributed by atoms with E-state index in [2.05, 4.69) is 162 Å². The second kappa shape index (κ2) is 10.9. The molecule has 227 valence electrons. The van der Waals surface area contributed by atoms with Crippen molar-refractivity contribution in [1.29, 1.82) is 0 Å². The predicted molar refractivity (Wildman–Crippen MR) is 194 cm³/mol. The first-order chi connectivity index (χ1) is 20.9. The first-order valence-electron chi connectivity index (χ1n) is 17.0. The van der Waals surface area contributed by atoms with Crippen LogP contribution in [0.1, 0.15) is 100 Å². The number of rotatable bonds is 8. The summed E-state index contributed by atoms with van der Waals surface area (Å²) in [5.74, 6) is 1.08. The fourth-order valence-electron chi connectivity index (χ4n) is 8.55. The number of allylic oxidation sites excluding steroid dienone is 2. The monoisotopic (exact) mass is 747 g/mol. The topological polar surface area (TPSA) is 0 Å². The number of benzene rings is 4. The average Bonchev–Trinajstić information content (AvgIpc) is 3.67. The van der Waals surface area contributed by atoms with Crippen LogP contribution in [-0.2, 0) is 16.5 Å². The molecular weight excluding hydrogens is 695 g/mol. The summed E-state index contributed by atoms with van der Waals surface area (Å²) in [6.07, 6.45) is 12.5. The molecule has 2 unspecified atom stereocenters. The van der Waals surface area contributed by atoms with Gasteiger partial charge in [0.25, 0.3) is 0 Å². The van der Waals surface area contributed by atoms with E-state index in [1.165, 1.54) is 62.1 Å². The van der Waals surface area contributed by atoms with Gasteiger partial charge in [0.1, 0.15) is 0 Å². The first kappa shape index (κ1) is 31.1. The van der Waals surface area contributed by atoms with Gasteiger partial charge in [-0.25, -0.2) is 0 Å². The van der Waals surface area contributed by atoms with Crippen LogP contribution in [0.4, 0.5) is 0 Å². The number of fused-ring (bicyclic) bond motifs is 2. The fourth-order valence-corrected chi connectivity index (χ4v) is 34.6. The second-order valence-electron chi connectivity index (χ2n) is 16.4. The molecule has 2 atom stereocenters. The maximum absolute atomic E-state index is 4.48. The Morgan fingerprint density at radius 2 is 1.00 bits per heavy atom. The molecule has 4 aromatic carbocycles. The van der Waals surface area contributed by atoms with Crippen molar-refractivity contribution in [3.63, 3.8) is 0 Å². The normalized spacial score (nSPS) is 18.8. The standard InChI is InChI=1S/2C18H17.C4H8.3CH3.Hf/c2*1-13(2)14-9-11-16(12-10-14)18-8-4-6-15-5-3-7-17(15)18;1-3-4-2;;;;/h2*3-13H,1-2H3;1H,3-4H2,2H3;3*1H3;. The molecule has 44 heavy (non-hydrogen) atoms. The summed E-state index contributed by atoms with van der Waals surface area (Å²) in [7, 11) is 0. The molecule has 0 amide bonds. The number of unbranched alkanes of at least 4 members (excludes halogenated alkanes) is 1. The minimum atomic E-state index is -4.48. The van der Waals surface area contributed by atoms with Gasteiger partial charge in [0.2, 0.25) is 0 Å². The van der Waals surface area contributed by atoms with Crippen molar-refractivity contribution in [2.24, 2.45) is 0 Å². The van der Waals surface area contributed by atoms with Crippen LogP contribution in [0.15, 0.2) is 97.1 Å². The van der Waals surface area contributed by atoms with Gasteiger partial charge in [-0.15, -0.1) is 0 Å². The van der Waals surface area contributed by atoms with Crippen LogP contribution in [0.2, 0.25) is 14.0 Å². The van der Waals surface area contributed by atoms with Gasteiger partial charge < -0.3 is 0 Å².